The molecule has 154 valence electrons. The van der Waals surface area contributed by atoms with E-state index in [-0.39, 0.29) is 18.0 Å². The Bertz CT molecular complexity index is 829. The molecule has 0 saturated carbocycles. The molecule has 0 bridgehead atoms. The number of rotatable bonds is 7. The molecule has 9 heteroatoms. The van der Waals surface area contributed by atoms with Crippen LogP contribution in [0.2, 0.25) is 0 Å². The third-order valence-corrected chi connectivity index (χ3v) is 4.45. The number of anilines is 2. The summed E-state index contributed by atoms with van der Waals surface area (Å²) in [5, 5.41) is 10.8. The molecule has 0 aliphatic carbocycles. The number of amides is 4. The van der Waals surface area contributed by atoms with Crippen molar-refractivity contribution in [3.05, 3.63) is 48.4 Å². The van der Waals surface area contributed by atoms with Crippen LogP contribution in [0.5, 0.6) is 0 Å². The fraction of sp³-hybridized carbons (Fsp3) is 0.350. The molecule has 4 N–H and O–H groups in total. The van der Waals surface area contributed by atoms with Gasteiger partial charge in [-0.25, -0.2) is 4.79 Å². The van der Waals surface area contributed by atoms with Crippen LogP contribution in [-0.2, 0) is 9.53 Å². The summed E-state index contributed by atoms with van der Waals surface area (Å²) in [6.45, 7) is 2.80. The minimum absolute atomic E-state index is 0.0781. The van der Waals surface area contributed by atoms with Crippen LogP contribution in [-0.4, -0.2) is 43.1 Å². The average molecular weight is 400 g/mol. The van der Waals surface area contributed by atoms with Gasteiger partial charge in [0.05, 0.1) is 17.9 Å². The van der Waals surface area contributed by atoms with Gasteiger partial charge in [-0.05, 0) is 50.1 Å². The maximum Gasteiger partial charge on any atom is 0.319 e. The largest absolute Gasteiger partial charge is 0.472 e. The highest BCUT2D eigenvalue weighted by Crippen LogP contribution is 2.14. The topological polar surface area (TPSA) is 122 Å². The first-order valence-electron chi connectivity index (χ1n) is 9.41. The van der Waals surface area contributed by atoms with E-state index in [1.807, 2.05) is 0 Å². The van der Waals surface area contributed by atoms with Crippen LogP contribution in [0, 0.1) is 0 Å². The molecule has 1 aliphatic rings. The van der Waals surface area contributed by atoms with Crippen LogP contribution >= 0.6 is 0 Å². The van der Waals surface area contributed by atoms with Gasteiger partial charge in [0.25, 0.3) is 5.91 Å². The SMILES string of the molecule is C[C@@H](NC(=O)c1ccoc1)C(=O)Nc1ccc(NC(=O)NC[C@H]2CCCO2)cc1. The van der Waals surface area contributed by atoms with Crippen molar-refractivity contribution < 1.29 is 23.5 Å². The second-order valence-corrected chi connectivity index (χ2v) is 6.74. The van der Waals surface area contributed by atoms with E-state index in [4.69, 9.17) is 9.15 Å². The Kier molecular flexibility index (Phi) is 6.85. The number of nitrogens with one attached hydrogen (secondary N) is 4. The molecule has 0 radical (unpaired) electrons. The molecule has 0 unspecified atom stereocenters. The third kappa shape index (κ3) is 6.08. The van der Waals surface area contributed by atoms with Crippen molar-refractivity contribution >= 4 is 29.2 Å². The monoisotopic (exact) mass is 400 g/mol. The highest BCUT2D eigenvalue weighted by atomic mass is 16.5. The van der Waals surface area contributed by atoms with E-state index in [0.717, 1.165) is 19.4 Å². The summed E-state index contributed by atoms with van der Waals surface area (Å²) in [5.74, 6) is -0.758. The van der Waals surface area contributed by atoms with Crippen LogP contribution in [0.1, 0.15) is 30.1 Å². The summed E-state index contributed by atoms with van der Waals surface area (Å²) in [5.41, 5.74) is 1.48. The van der Waals surface area contributed by atoms with Crippen molar-refractivity contribution in [2.24, 2.45) is 0 Å². The molecule has 2 heterocycles. The zero-order valence-corrected chi connectivity index (χ0v) is 16.1. The van der Waals surface area contributed by atoms with E-state index in [9.17, 15) is 14.4 Å². The average Bonchev–Trinajstić information content (AvgIpc) is 3.42. The van der Waals surface area contributed by atoms with Crippen molar-refractivity contribution in [1.29, 1.82) is 0 Å². The van der Waals surface area contributed by atoms with Crippen molar-refractivity contribution in [1.82, 2.24) is 10.6 Å². The first-order chi connectivity index (χ1) is 14.0. The van der Waals surface area contributed by atoms with Crippen molar-refractivity contribution in [2.45, 2.75) is 31.9 Å². The number of hydrogen-bond acceptors (Lipinski definition) is 5. The quantitative estimate of drug-likeness (QED) is 0.568. The number of furan rings is 1. The van der Waals surface area contributed by atoms with E-state index in [0.29, 0.717) is 23.5 Å². The Hall–Kier alpha value is -3.33. The molecule has 3 rings (SSSR count). The van der Waals surface area contributed by atoms with Gasteiger partial charge in [-0.3, -0.25) is 9.59 Å². The second kappa shape index (κ2) is 9.74. The fourth-order valence-corrected chi connectivity index (χ4v) is 2.81. The molecule has 29 heavy (non-hydrogen) atoms. The highest BCUT2D eigenvalue weighted by molar-refractivity contribution is 6.01. The number of benzene rings is 1. The summed E-state index contributed by atoms with van der Waals surface area (Å²) in [4.78, 5) is 36.1. The molecule has 1 aromatic heterocycles. The number of carbonyl (C=O) groups is 3. The summed E-state index contributed by atoms with van der Waals surface area (Å²) < 4.78 is 10.3. The van der Waals surface area contributed by atoms with E-state index in [1.54, 1.807) is 31.2 Å². The third-order valence-electron chi connectivity index (χ3n) is 4.45. The van der Waals surface area contributed by atoms with Gasteiger partial charge in [0.1, 0.15) is 12.3 Å². The van der Waals surface area contributed by atoms with Gasteiger partial charge < -0.3 is 30.4 Å². The van der Waals surface area contributed by atoms with E-state index >= 15 is 0 Å². The minimum atomic E-state index is -0.737. The molecule has 4 amide bonds. The first kappa shape index (κ1) is 20.4. The summed E-state index contributed by atoms with van der Waals surface area (Å²) in [7, 11) is 0. The van der Waals surface area contributed by atoms with Crippen LogP contribution in [0.4, 0.5) is 16.2 Å². The molecule has 9 nitrogen and oxygen atoms in total. The molecular formula is C20H24N4O5. The van der Waals surface area contributed by atoms with Crippen molar-refractivity contribution in [3.8, 4) is 0 Å². The van der Waals surface area contributed by atoms with E-state index < -0.39 is 11.9 Å². The number of ether oxygens (including phenoxy) is 1. The Balaban J connectivity index is 1.43. The fourth-order valence-electron chi connectivity index (χ4n) is 2.81. The molecular weight excluding hydrogens is 376 g/mol. The van der Waals surface area contributed by atoms with E-state index in [2.05, 4.69) is 21.3 Å². The van der Waals surface area contributed by atoms with Crippen LogP contribution in [0.15, 0.2) is 47.3 Å². The lowest BCUT2D eigenvalue weighted by atomic mass is 10.2. The van der Waals surface area contributed by atoms with Gasteiger partial charge in [-0.1, -0.05) is 0 Å². The molecule has 2 aromatic rings. The van der Waals surface area contributed by atoms with E-state index in [1.165, 1.54) is 18.6 Å². The van der Waals surface area contributed by atoms with Gasteiger partial charge in [0, 0.05) is 24.5 Å². The molecule has 1 saturated heterocycles. The molecule has 1 fully saturated rings. The first-order valence-corrected chi connectivity index (χ1v) is 9.41. The Labute approximate surface area is 168 Å². The molecule has 1 aromatic carbocycles. The van der Waals surface area contributed by atoms with Crippen LogP contribution in [0.25, 0.3) is 0 Å². The van der Waals surface area contributed by atoms with Crippen molar-refractivity contribution in [3.63, 3.8) is 0 Å². The lowest BCUT2D eigenvalue weighted by molar-refractivity contribution is -0.117. The molecule has 2 atom stereocenters. The lowest BCUT2D eigenvalue weighted by Gasteiger charge is -2.14. The maximum absolute atomic E-state index is 12.3. The predicted octanol–water partition coefficient (Wildman–Crippen LogP) is 2.34. The van der Waals surface area contributed by atoms with Crippen molar-refractivity contribution in [2.75, 3.05) is 23.8 Å². The normalized spacial score (nSPS) is 16.7. The smallest absolute Gasteiger partial charge is 0.319 e. The van der Waals surface area contributed by atoms with Gasteiger partial charge in [0.2, 0.25) is 5.91 Å². The second-order valence-electron chi connectivity index (χ2n) is 6.74. The number of urea groups is 1. The highest BCUT2D eigenvalue weighted by Gasteiger charge is 2.18. The van der Waals surface area contributed by atoms with Gasteiger partial charge >= 0.3 is 6.03 Å². The standard InChI is InChI=1S/C20H24N4O5/c1-13(22-19(26)14-8-10-28-12-14)18(25)23-15-4-6-16(7-5-15)24-20(27)21-11-17-3-2-9-29-17/h4-8,10,12-13,17H,2-3,9,11H2,1H3,(H,22,26)(H,23,25)(H2,21,24,27)/t13-,17-/m1/s1. The Morgan fingerprint density at radius 1 is 1.10 bits per heavy atom. The Morgan fingerprint density at radius 3 is 2.45 bits per heavy atom. The zero-order valence-electron chi connectivity index (χ0n) is 16.1. The van der Waals surface area contributed by atoms with Crippen LogP contribution < -0.4 is 21.3 Å². The predicted molar refractivity (Wildman–Crippen MR) is 107 cm³/mol. The maximum atomic E-state index is 12.3. The summed E-state index contributed by atoms with van der Waals surface area (Å²) >= 11 is 0. The van der Waals surface area contributed by atoms with Gasteiger partial charge in [-0.2, -0.15) is 0 Å². The number of hydrogen-bond donors (Lipinski definition) is 4. The van der Waals surface area contributed by atoms with Gasteiger partial charge in [-0.15, -0.1) is 0 Å². The lowest BCUT2D eigenvalue weighted by Crippen LogP contribution is -2.41. The zero-order chi connectivity index (χ0) is 20.6. The Morgan fingerprint density at radius 2 is 1.83 bits per heavy atom. The minimum Gasteiger partial charge on any atom is -0.472 e. The molecule has 1 aliphatic heterocycles. The molecule has 0 spiro atoms. The van der Waals surface area contributed by atoms with Gasteiger partial charge in [0.15, 0.2) is 0 Å². The summed E-state index contributed by atoms with van der Waals surface area (Å²) in [6, 6.07) is 7.15. The summed E-state index contributed by atoms with van der Waals surface area (Å²) in [6.07, 6.45) is 4.75. The number of carbonyl (C=O) groups excluding carboxylic acids is 3. The van der Waals surface area contributed by atoms with Crippen LogP contribution in [0.3, 0.4) is 0 Å².